The zero-order valence-corrected chi connectivity index (χ0v) is 19.4. The van der Waals surface area contributed by atoms with Gasteiger partial charge in [-0.05, 0) is 73.0 Å². The normalized spacial score (nSPS) is 28.3. The minimum absolute atomic E-state index is 0.125. The molecule has 0 radical (unpaired) electrons. The van der Waals surface area contributed by atoms with Crippen LogP contribution in [0.3, 0.4) is 0 Å². The highest BCUT2D eigenvalue weighted by Gasteiger charge is 2.31. The van der Waals surface area contributed by atoms with E-state index < -0.39 is 6.36 Å². The van der Waals surface area contributed by atoms with Crippen LogP contribution in [-0.4, -0.2) is 6.36 Å². The van der Waals surface area contributed by atoms with E-state index in [4.69, 9.17) is 0 Å². The molecule has 0 amide bonds. The SMILES string of the molecule is CCC(C)CCC1CCC(CCC2CCC(c3ccc(OC(F)(F)F)cc3)CC2)CC1. The fraction of sp³-hybridized carbons (Fsp3) is 0.778. The molecule has 0 aliphatic heterocycles. The van der Waals surface area contributed by atoms with Crippen LogP contribution in [0.2, 0.25) is 0 Å². The first-order chi connectivity index (χ1) is 14.8. The van der Waals surface area contributed by atoms with Crippen molar-refractivity contribution < 1.29 is 17.9 Å². The fourth-order valence-corrected chi connectivity index (χ4v) is 5.73. The van der Waals surface area contributed by atoms with E-state index in [-0.39, 0.29) is 5.75 Å². The molecule has 0 bridgehead atoms. The Kier molecular flexibility index (Phi) is 9.16. The van der Waals surface area contributed by atoms with Gasteiger partial charge in [0.2, 0.25) is 0 Å². The molecule has 1 unspecified atom stereocenters. The van der Waals surface area contributed by atoms with Crippen molar-refractivity contribution in [2.45, 2.75) is 110 Å². The van der Waals surface area contributed by atoms with Gasteiger partial charge in [-0.3, -0.25) is 0 Å². The molecule has 2 saturated carbocycles. The maximum Gasteiger partial charge on any atom is 0.573 e. The van der Waals surface area contributed by atoms with Crippen LogP contribution in [0.5, 0.6) is 5.75 Å². The molecule has 1 aromatic rings. The lowest BCUT2D eigenvalue weighted by atomic mass is 9.73. The van der Waals surface area contributed by atoms with E-state index >= 15 is 0 Å². The zero-order chi connectivity index (χ0) is 22.3. The molecule has 3 rings (SSSR count). The predicted molar refractivity (Wildman–Crippen MR) is 121 cm³/mol. The van der Waals surface area contributed by atoms with Gasteiger partial charge in [-0.2, -0.15) is 0 Å². The van der Waals surface area contributed by atoms with Crippen molar-refractivity contribution in [2.75, 3.05) is 0 Å². The van der Waals surface area contributed by atoms with Gasteiger partial charge in [0.1, 0.15) is 5.75 Å². The summed E-state index contributed by atoms with van der Waals surface area (Å²) in [6.07, 6.45) is 12.9. The van der Waals surface area contributed by atoms with Gasteiger partial charge < -0.3 is 4.74 Å². The summed E-state index contributed by atoms with van der Waals surface area (Å²) in [5.74, 6) is 4.01. The largest absolute Gasteiger partial charge is 0.573 e. The third kappa shape index (κ3) is 8.35. The van der Waals surface area contributed by atoms with E-state index in [0.717, 1.165) is 42.1 Å². The first-order valence-electron chi connectivity index (χ1n) is 12.7. The molecule has 1 atom stereocenters. The summed E-state index contributed by atoms with van der Waals surface area (Å²) in [6.45, 7) is 4.69. The highest BCUT2D eigenvalue weighted by Crippen LogP contribution is 2.40. The second-order valence-corrected chi connectivity index (χ2v) is 10.4. The van der Waals surface area contributed by atoms with Crippen molar-refractivity contribution in [3.63, 3.8) is 0 Å². The molecular weight excluding hydrogens is 397 g/mol. The summed E-state index contributed by atoms with van der Waals surface area (Å²) in [7, 11) is 0. The monoisotopic (exact) mass is 438 g/mol. The summed E-state index contributed by atoms with van der Waals surface area (Å²) in [5.41, 5.74) is 1.16. The van der Waals surface area contributed by atoms with E-state index in [1.165, 1.54) is 82.8 Å². The maximum atomic E-state index is 12.3. The molecule has 2 fully saturated rings. The Labute approximate surface area is 187 Å². The van der Waals surface area contributed by atoms with Gasteiger partial charge in [0.05, 0.1) is 0 Å². The highest BCUT2D eigenvalue weighted by molar-refractivity contribution is 5.29. The lowest BCUT2D eigenvalue weighted by molar-refractivity contribution is -0.274. The average Bonchev–Trinajstić information content (AvgIpc) is 2.76. The fourth-order valence-electron chi connectivity index (χ4n) is 5.73. The van der Waals surface area contributed by atoms with Crippen LogP contribution in [0.25, 0.3) is 0 Å². The summed E-state index contributed by atoms with van der Waals surface area (Å²) in [5, 5.41) is 0. The topological polar surface area (TPSA) is 9.23 Å². The molecule has 0 spiro atoms. The Morgan fingerprint density at radius 3 is 1.77 bits per heavy atom. The van der Waals surface area contributed by atoms with Crippen molar-refractivity contribution in [3.8, 4) is 5.75 Å². The van der Waals surface area contributed by atoms with Gasteiger partial charge in [-0.15, -0.1) is 13.2 Å². The molecule has 1 aromatic carbocycles. The number of benzene rings is 1. The Morgan fingerprint density at radius 1 is 0.806 bits per heavy atom. The standard InChI is InChI=1S/C27H41F3O/c1-3-20(2)4-5-21-6-8-22(9-7-21)10-11-23-12-14-24(15-13-23)25-16-18-26(19-17-25)31-27(28,29)30/h16-24H,3-15H2,1-2H3. The van der Waals surface area contributed by atoms with E-state index in [1.54, 1.807) is 0 Å². The molecule has 2 aliphatic carbocycles. The number of hydrogen-bond acceptors (Lipinski definition) is 1. The zero-order valence-electron chi connectivity index (χ0n) is 19.4. The highest BCUT2D eigenvalue weighted by atomic mass is 19.4. The number of ether oxygens (including phenoxy) is 1. The van der Waals surface area contributed by atoms with Crippen LogP contribution < -0.4 is 4.74 Å². The number of hydrogen-bond donors (Lipinski definition) is 0. The smallest absolute Gasteiger partial charge is 0.406 e. The Balaban J connectivity index is 1.32. The molecule has 176 valence electrons. The van der Waals surface area contributed by atoms with Gasteiger partial charge in [0.15, 0.2) is 0 Å². The Morgan fingerprint density at radius 2 is 1.29 bits per heavy atom. The third-order valence-electron chi connectivity index (χ3n) is 8.15. The first-order valence-corrected chi connectivity index (χ1v) is 12.7. The van der Waals surface area contributed by atoms with E-state index in [2.05, 4.69) is 18.6 Å². The van der Waals surface area contributed by atoms with Gasteiger partial charge in [-0.25, -0.2) is 0 Å². The number of rotatable bonds is 9. The second-order valence-electron chi connectivity index (χ2n) is 10.4. The van der Waals surface area contributed by atoms with Crippen molar-refractivity contribution in [1.29, 1.82) is 0 Å². The van der Waals surface area contributed by atoms with Crippen LogP contribution >= 0.6 is 0 Å². The van der Waals surface area contributed by atoms with Crippen molar-refractivity contribution in [3.05, 3.63) is 29.8 Å². The lowest BCUT2D eigenvalue weighted by Gasteiger charge is -2.32. The molecule has 0 N–H and O–H groups in total. The van der Waals surface area contributed by atoms with Crippen LogP contribution in [0.15, 0.2) is 24.3 Å². The van der Waals surface area contributed by atoms with Gasteiger partial charge in [0, 0.05) is 0 Å². The quantitative estimate of drug-likeness (QED) is 0.373. The second kappa shape index (κ2) is 11.6. The summed E-state index contributed by atoms with van der Waals surface area (Å²) < 4.78 is 40.9. The molecule has 2 aliphatic rings. The molecule has 31 heavy (non-hydrogen) atoms. The van der Waals surface area contributed by atoms with Crippen LogP contribution in [0.1, 0.15) is 109 Å². The summed E-state index contributed by atoms with van der Waals surface area (Å²) in [4.78, 5) is 0. The van der Waals surface area contributed by atoms with Gasteiger partial charge in [0.25, 0.3) is 0 Å². The first kappa shape index (κ1) is 24.5. The van der Waals surface area contributed by atoms with Crippen LogP contribution in [-0.2, 0) is 0 Å². The third-order valence-corrected chi connectivity index (χ3v) is 8.15. The van der Waals surface area contributed by atoms with Gasteiger partial charge >= 0.3 is 6.36 Å². The molecule has 0 heterocycles. The number of alkyl halides is 3. The Bertz CT molecular complexity index is 623. The lowest BCUT2D eigenvalue weighted by Crippen LogP contribution is -2.18. The van der Waals surface area contributed by atoms with E-state index in [1.807, 2.05) is 12.1 Å². The minimum atomic E-state index is -4.62. The average molecular weight is 439 g/mol. The summed E-state index contributed by atoms with van der Waals surface area (Å²) in [6, 6.07) is 6.53. The van der Waals surface area contributed by atoms with E-state index in [9.17, 15) is 13.2 Å². The summed E-state index contributed by atoms with van der Waals surface area (Å²) >= 11 is 0. The molecule has 1 nitrogen and oxygen atoms in total. The predicted octanol–water partition coefficient (Wildman–Crippen LogP) is 9.27. The molecule has 0 aromatic heterocycles. The van der Waals surface area contributed by atoms with Crippen LogP contribution in [0, 0.1) is 23.7 Å². The molecule has 4 heteroatoms. The van der Waals surface area contributed by atoms with Crippen molar-refractivity contribution in [2.24, 2.45) is 23.7 Å². The van der Waals surface area contributed by atoms with Crippen molar-refractivity contribution >= 4 is 0 Å². The van der Waals surface area contributed by atoms with Gasteiger partial charge in [-0.1, -0.05) is 83.8 Å². The van der Waals surface area contributed by atoms with E-state index in [0.29, 0.717) is 5.92 Å². The molecule has 0 saturated heterocycles. The van der Waals surface area contributed by atoms with Crippen molar-refractivity contribution in [1.82, 2.24) is 0 Å². The molecular formula is C27H41F3O. The maximum absolute atomic E-state index is 12.3. The van der Waals surface area contributed by atoms with Crippen LogP contribution in [0.4, 0.5) is 13.2 Å². The Hall–Kier alpha value is -1.19. The minimum Gasteiger partial charge on any atom is -0.406 e. The number of halogens is 3.